The Morgan fingerprint density at radius 1 is 1.00 bits per heavy atom. The maximum Gasteiger partial charge on any atom is 0.416 e. The number of rotatable bonds is 4. The van der Waals surface area contributed by atoms with E-state index in [1.807, 2.05) is 0 Å². The summed E-state index contributed by atoms with van der Waals surface area (Å²) in [5.74, 6) is -1.15. The van der Waals surface area contributed by atoms with Gasteiger partial charge in [0.25, 0.3) is 5.91 Å². The van der Waals surface area contributed by atoms with Crippen LogP contribution in [0.15, 0.2) is 78.0 Å². The average molecular weight is 416 g/mol. The number of benzene rings is 2. The second-order valence-corrected chi connectivity index (χ2v) is 6.18. The Labute approximate surface area is 169 Å². The smallest absolute Gasteiger partial charge is 0.326 e. The van der Waals surface area contributed by atoms with Crippen molar-refractivity contribution in [3.8, 4) is 0 Å². The van der Waals surface area contributed by atoms with Gasteiger partial charge in [-0.15, -0.1) is 0 Å². The SMILES string of the molecule is O=C(NC(=NCc1ccncc1)Nc1cccc(C(F)(F)F)c1)c1ccc(F)cc1. The predicted molar refractivity (Wildman–Crippen MR) is 104 cm³/mol. The molecular formula is C21H16F4N4O. The molecule has 3 aromatic rings. The molecule has 0 bridgehead atoms. The summed E-state index contributed by atoms with van der Waals surface area (Å²) in [6, 6.07) is 12.8. The number of pyridine rings is 1. The van der Waals surface area contributed by atoms with E-state index in [1.165, 1.54) is 24.3 Å². The molecule has 2 N–H and O–H groups in total. The number of carbonyl (C=O) groups is 1. The van der Waals surface area contributed by atoms with Crippen LogP contribution in [-0.4, -0.2) is 16.9 Å². The lowest BCUT2D eigenvalue weighted by Gasteiger charge is -2.14. The zero-order valence-corrected chi connectivity index (χ0v) is 15.4. The Kier molecular flexibility index (Phi) is 6.41. The van der Waals surface area contributed by atoms with Gasteiger partial charge in [-0.05, 0) is 60.2 Å². The Morgan fingerprint density at radius 3 is 2.37 bits per heavy atom. The summed E-state index contributed by atoms with van der Waals surface area (Å²) in [7, 11) is 0. The third-order valence-electron chi connectivity index (χ3n) is 3.96. The van der Waals surface area contributed by atoms with E-state index in [1.54, 1.807) is 24.5 Å². The third-order valence-corrected chi connectivity index (χ3v) is 3.96. The molecule has 0 fully saturated rings. The number of guanidine groups is 1. The highest BCUT2D eigenvalue weighted by molar-refractivity contribution is 6.09. The number of nitrogens with one attached hydrogen (secondary N) is 2. The molecule has 0 aliphatic rings. The molecule has 0 atom stereocenters. The molecule has 30 heavy (non-hydrogen) atoms. The number of carbonyl (C=O) groups excluding carboxylic acids is 1. The number of amides is 1. The number of aromatic nitrogens is 1. The van der Waals surface area contributed by atoms with Crippen LogP contribution in [0.4, 0.5) is 23.2 Å². The van der Waals surface area contributed by atoms with Crippen molar-refractivity contribution in [2.75, 3.05) is 5.32 Å². The fourth-order valence-electron chi connectivity index (χ4n) is 2.46. The minimum absolute atomic E-state index is 0.0551. The van der Waals surface area contributed by atoms with Crippen LogP contribution in [0.25, 0.3) is 0 Å². The largest absolute Gasteiger partial charge is 0.416 e. The van der Waals surface area contributed by atoms with Gasteiger partial charge in [0, 0.05) is 23.6 Å². The van der Waals surface area contributed by atoms with Crippen LogP contribution in [0.2, 0.25) is 0 Å². The standard InChI is InChI=1S/C21H16F4N4O/c22-17-6-4-15(5-7-17)19(30)29-20(27-13-14-8-10-26-11-9-14)28-18-3-1-2-16(12-18)21(23,24)25/h1-12H,13H2,(H2,27,28,29,30). The molecule has 0 saturated heterocycles. The fourth-order valence-corrected chi connectivity index (χ4v) is 2.46. The Bertz CT molecular complexity index is 1030. The van der Waals surface area contributed by atoms with Gasteiger partial charge in [-0.3, -0.25) is 15.1 Å². The monoisotopic (exact) mass is 416 g/mol. The van der Waals surface area contributed by atoms with Gasteiger partial charge in [0.1, 0.15) is 5.82 Å². The van der Waals surface area contributed by atoms with Gasteiger partial charge in [0.05, 0.1) is 12.1 Å². The van der Waals surface area contributed by atoms with Gasteiger partial charge in [-0.1, -0.05) is 6.07 Å². The quantitative estimate of drug-likeness (QED) is 0.370. The molecule has 2 aromatic carbocycles. The molecule has 0 aliphatic heterocycles. The number of alkyl halides is 3. The van der Waals surface area contributed by atoms with Gasteiger partial charge in [0.15, 0.2) is 0 Å². The van der Waals surface area contributed by atoms with Crippen molar-refractivity contribution < 1.29 is 22.4 Å². The first-order chi connectivity index (χ1) is 14.3. The zero-order chi connectivity index (χ0) is 21.6. The van der Waals surface area contributed by atoms with Crippen molar-refractivity contribution in [1.82, 2.24) is 10.3 Å². The molecule has 3 rings (SSSR count). The zero-order valence-electron chi connectivity index (χ0n) is 15.4. The highest BCUT2D eigenvalue weighted by atomic mass is 19.4. The first-order valence-corrected chi connectivity index (χ1v) is 8.76. The van der Waals surface area contributed by atoms with Crippen molar-refractivity contribution in [2.24, 2.45) is 4.99 Å². The van der Waals surface area contributed by atoms with Crippen molar-refractivity contribution in [2.45, 2.75) is 12.7 Å². The van der Waals surface area contributed by atoms with E-state index in [-0.39, 0.29) is 23.8 Å². The van der Waals surface area contributed by atoms with Crippen LogP contribution >= 0.6 is 0 Å². The highest BCUT2D eigenvalue weighted by Gasteiger charge is 2.30. The number of hydrogen-bond donors (Lipinski definition) is 2. The van der Waals surface area contributed by atoms with E-state index in [0.717, 1.165) is 29.8 Å². The van der Waals surface area contributed by atoms with E-state index in [2.05, 4.69) is 20.6 Å². The second kappa shape index (κ2) is 9.17. The predicted octanol–water partition coefficient (Wildman–Crippen LogP) is 4.64. The van der Waals surface area contributed by atoms with Crippen LogP contribution in [0.1, 0.15) is 21.5 Å². The van der Waals surface area contributed by atoms with Gasteiger partial charge in [-0.2, -0.15) is 13.2 Å². The van der Waals surface area contributed by atoms with E-state index < -0.39 is 23.5 Å². The van der Waals surface area contributed by atoms with Crippen LogP contribution in [0, 0.1) is 5.82 Å². The molecule has 9 heteroatoms. The molecule has 154 valence electrons. The van der Waals surface area contributed by atoms with Crippen molar-refractivity contribution in [1.29, 1.82) is 0 Å². The fraction of sp³-hybridized carbons (Fsp3) is 0.0952. The first kappa shape index (κ1) is 21.0. The number of hydrogen-bond acceptors (Lipinski definition) is 3. The first-order valence-electron chi connectivity index (χ1n) is 8.76. The molecule has 0 unspecified atom stereocenters. The van der Waals surface area contributed by atoms with E-state index >= 15 is 0 Å². The Balaban J connectivity index is 1.83. The van der Waals surface area contributed by atoms with Gasteiger partial charge < -0.3 is 5.32 Å². The molecule has 0 radical (unpaired) electrons. The molecule has 0 saturated carbocycles. The second-order valence-electron chi connectivity index (χ2n) is 6.18. The molecule has 5 nitrogen and oxygen atoms in total. The Hall–Kier alpha value is -3.75. The summed E-state index contributed by atoms with van der Waals surface area (Å²) in [4.78, 5) is 20.6. The molecule has 1 heterocycles. The number of aliphatic imine (C=N–C) groups is 1. The third kappa shape index (κ3) is 5.87. The Morgan fingerprint density at radius 2 is 1.70 bits per heavy atom. The molecule has 1 amide bonds. The normalized spacial score (nSPS) is 11.8. The minimum atomic E-state index is -4.51. The maximum absolute atomic E-state index is 13.1. The maximum atomic E-state index is 13.1. The van der Waals surface area contributed by atoms with Crippen molar-refractivity contribution >= 4 is 17.6 Å². The summed E-state index contributed by atoms with van der Waals surface area (Å²) in [6.07, 6.45) is -1.37. The highest BCUT2D eigenvalue weighted by Crippen LogP contribution is 2.30. The lowest BCUT2D eigenvalue weighted by atomic mass is 10.2. The number of halogens is 4. The summed E-state index contributed by atoms with van der Waals surface area (Å²) in [5, 5.41) is 5.21. The van der Waals surface area contributed by atoms with Gasteiger partial charge in [-0.25, -0.2) is 9.38 Å². The van der Waals surface area contributed by atoms with Crippen molar-refractivity contribution in [3.05, 3.63) is 95.6 Å². The summed E-state index contributed by atoms with van der Waals surface area (Å²) >= 11 is 0. The summed E-state index contributed by atoms with van der Waals surface area (Å²) in [5.41, 5.74) is 0.201. The van der Waals surface area contributed by atoms with Gasteiger partial charge in [0.2, 0.25) is 5.96 Å². The van der Waals surface area contributed by atoms with Crippen LogP contribution in [0.3, 0.4) is 0 Å². The van der Waals surface area contributed by atoms with Crippen LogP contribution < -0.4 is 10.6 Å². The minimum Gasteiger partial charge on any atom is -0.326 e. The van der Waals surface area contributed by atoms with Crippen LogP contribution in [-0.2, 0) is 12.7 Å². The molecule has 0 spiro atoms. The van der Waals surface area contributed by atoms with E-state index in [4.69, 9.17) is 0 Å². The summed E-state index contributed by atoms with van der Waals surface area (Å²) < 4.78 is 52.0. The molecular weight excluding hydrogens is 400 g/mol. The molecule has 0 aliphatic carbocycles. The van der Waals surface area contributed by atoms with Gasteiger partial charge >= 0.3 is 6.18 Å². The number of nitrogens with zero attached hydrogens (tertiary/aromatic N) is 2. The summed E-state index contributed by atoms with van der Waals surface area (Å²) in [6.45, 7) is 0.146. The number of anilines is 1. The van der Waals surface area contributed by atoms with Crippen LogP contribution in [0.5, 0.6) is 0 Å². The lowest BCUT2D eigenvalue weighted by molar-refractivity contribution is -0.137. The molecule has 1 aromatic heterocycles. The lowest BCUT2D eigenvalue weighted by Crippen LogP contribution is -2.36. The average Bonchev–Trinajstić information content (AvgIpc) is 2.73. The van der Waals surface area contributed by atoms with E-state index in [9.17, 15) is 22.4 Å². The van der Waals surface area contributed by atoms with Crippen molar-refractivity contribution in [3.63, 3.8) is 0 Å². The topological polar surface area (TPSA) is 66.4 Å². The van der Waals surface area contributed by atoms with E-state index in [0.29, 0.717) is 0 Å².